The van der Waals surface area contributed by atoms with Gasteiger partial charge in [0.25, 0.3) is 5.91 Å². The minimum Gasteiger partial charge on any atom is -0.348 e. The highest BCUT2D eigenvalue weighted by Gasteiger charge is 2.40. The molecule has 144 valence electrons. The van der Waals surface area contributed by atoms with Gasteiger partial charge in [0, 0.05) is 19.1 Å². The maximum Gasteiger partial charge on any atom is 0.433 e. The number of alkyl halides is 3. The largest absolute Gasteiger partial charge is 0.433 e. The smallest absolute Gasteiger partial charge is 0.348 e. The van der Waals surface area contributed by atoms with Crippen molar-refractivity contribution in [2.75, 3.05) is 0 Å². The third-order valence-corrected chi connectivity index (χ3v) is 3.86. The quantitative estimate of drug-likeness (QED) is 0.593. The maximum atomic E-state index is 13.3. The molecule has 4 nitrogen and oxygen atoms in total. The number of benzene rings is 1. The molecule has 0 saturated heterocycles. The molecular weight excluding hydrogens is 343 g/mol. The van der Waals surface area contributed by atoms with Crippen molar-refractivity contribution in [1.82, 2.24) is 5.32 Å². The van der Waals surface area contributed by atoms with Gasteiger partial charge in [0.1, 0.15) is 0 Å². The summed E-state index contributed by atoms with van der Waals surface area (Å²) in [6.07, 6.45) is -3.56. The molecule has 0 heterocycles. The Morgan fingerprint density at radius 1 is 1.27 bits per heavy atom. The van der Waals surface area contributed by atoms with E-state index in [-0.39, 0.29) is 6.54 Å². The van der Waals surface area contributed by atoms with Crippen LogP contribution in [-0.2, 0) is 17.9 Å². The van der Waals surface area contributed by atoms with E-state index in [4.69, 9.17) is 5.73 Å². The lowest BCUT2D eigenvalue weighted by molar-refractivity contribution is -0.117. The summed E-state index contributed by atoms with van der Waals surface area (Å²) in [5.41, 5.74) is 7.70. The standard InChI is InChI=1S/C19H26F3N3O/c1-6-15(17(19(20,21)22)25-11(2)3)18(26)24-10-16-12(4)7-14(9-23)8-13(16)5/h6-8,11H,9-10,23H2,1-5H3,(H,24,26)/b15-6+,25-17+. The maximum absolute atomic E-state index is 13.3. The zero-order valence-electron chi connectivity index (χ0n) is 15.8. The van der Waals surface area contributed by atoms with Gasteiger partial charge < -0.3 is 11.1 Å². The number of hydrogen-bond acceptors (Lipinski definition) is 3. The Bertz CT molecular complexity index is 696. The highest BCUT2D eigenvalue weighted by molar-refractivity contribution is 6.23. The molecular formula is C19H26F3N3O. The van der Waals surface area contributed by atoms with E-state index < -0.39 is 29.4 Å². The van der Waals surface area contributed by atoms with Gasteiger partial charge >= 0.3 is 6.18 Å². The number of carbonyl (C=O) groups excluding carboxylic acids is 1. The molecule has 0 aromatic heterocycles. The van der Waals surface area contributed by atoms with Gasteiger partial charge in [0.15, 0.2) is 5.71 Å². The van der Waals surface area contributed by atoms with Crippen molar-refractivity contribution in [3.8, 4) is 0 Å². The third kappa shape index (κ3) is 5.69. The van der Waals surface area contributed by atoms with Crippen LogP contribution in [0.2, 0.25) is 0 Å². The van der Waals surface area contributed by atoms with Crippen molar-refractivity contribution in [2.24, 2.45) is 10.7 Å². The van der Waals surface area contributed by atoms with Crippen molar-refractivity contribution >= 4 is 11.6 Å². The summed E-state index contributed by atoms with van der Waals surface area (Å²) in [4.78, 5) is 16.0. The molecule has 1 aromatic carbocycles. The molecule has 0 aliphatic rings. The molecule has 0 spiro atoms. The average molecular weight is 369 g/mol. The van der Waals surface area contributed by atoms with Gasteiger partial charge in [-0.15, -0.1) is 0 Å². The molecule has 0 atom stereocenters. The first-order valence-electron chi connectivity index (χ1n) is 8.40. The molecule has 0 aliphatic carbocycles. The van der Waals surface area contributed by atoms with Crippen LogP contribution in [0.1, 0.15) is 43.0 Å². The van der Waals surface area contributed by atoms with E-state index in [1.54, 1.807) is 0 Å². The zero-order valence-corrected chi connectivity index (χ0v) is 15.8. The van der Waals surface area contributed by atoms with Gasteiger partial charge in [-0.2, -0.15) is 13.2 Å². The van der Waals surface area contributed by atoms with Gasteiger partial charge in [-0.05, 0) is 56.9 Å². The van der Waals surface area contributed by atoms with Crippen LogP contribution in [0.25, 0.3) is 0 Å². The van der Waals surface area contributed by atoms with Crippen molar-refractivity contribution < 1.29 is 18.0 Å². The Balaban J connectivity index is 3.06. The number of rotatable bonds is 6. The third-order valence-electron chi connectivity index (χ3n) is 3.86. The summed E-state index contributed by atoms with van der Waals surface area (Å²) >= 11 is 0. The Hall–Kier alpha value is -2.15. The first-order chi connectivity index (χ1) is 12.0. The summed E-state index contributed by atoms with van der Waals surface area (Å²) in [6.45, 7) is 8.74. The van der Waals surface area contributed by atoms with Crippen LogP contribution >= 0.6 is 0 Å². The molecule has 3 N–H and O–H groups in total. The average Bonchev–Trinajstić information content (AvgIpc) is 2.52. The molecule has 26 heavy (non-hydrogen) atoms. The van der Waals surface area contributed by atoms with Gasteiger partial charge in [0.2, 0.25) is 0 Å². The molecule has 0 unspecified atom stereocenters. The van der Waals surface area contributed by atoms with Crippen molar-refractivity contribution in [2.45, 2.75) is 59.9 Å². The van der Waals surface area contributed by atoms with E-state index in [0.717, 1.165) is 28.3 Å². The van der Waals surface area contributed by atoms with Gasteiger partial charge in [-0.25, -0.2) is 0 Å². The Labute approximate surface area is 152 Å². The molecule has 1 rings (SSSR count). The van der Waals surface area contributed by atoms with Gasteiger partial charge in [-0.3, -0.25) is 9.79 Å². The van der Waals surface area contributed by atoms with E-state index in [2.05, 4.69) is 10.3 Å². The van der Waals surface area contributed by atoms with E-state index in [9.17, 15) is 18.0 Å². The number of aryl methyl sites for hydroxylation is 2. The van der Waals surface area contributed by atoms with Crippen molar-refractivity contribution in [1.29, 1.82) is 0 Å². The molecule has 7 heteroatoms. The van der Waals surface area contributed by atoms with E-state index in [1.807, 2.05) is 26.0 Å². The zero-order chi connectivity index (χ0) is 20.1. The minimum absolute atomic E-state index is 0.130. The summed E-state index contributed by atoms with van der Waals surface area (Å²) in [5, 5.41) is 2.58. The number of amides is 1. The Morgan fingerprint density at radius 2 is 1.81 bits per heavy atom. The second-order valence-electron chi connectivity index (χ2n) is 6.37. The molecule has 1 amide bonds. The highest BCUT2D eigenvalue weighted by Crippen LogP contribution is 2.24. The fraction of sp³-hybridized carbons (Fsp3) is 0.474. The molecule has 0 radical (unpaired) electrons. The number of allylic oxidation sites excluding steroid dienone is 1. The van der Waals surface area contributed by atoms with E-state index in [1.165, 1.54) is 20.8 Å². The molecule has 0 saturated carbocycles. The minimum atomic E-state index is -4.70. The Morgan fingerprint density at radius 3 is 2.19 bits per heavy atom. The lowest BCUT2D eigenvalue weighted by Crippen LogP contribution is -2.35. The summed E-state index contributed by atoms with van der Waals surface area (Å²) in [6, 6.07) is 3.24. The van der Waals surface area contributed by atoms with Gasteiger partial charge in [-0.1, -0.05) is 18.2 Å². The molecule has 0 aliphatic heterocycles. The first kappa shape index (κ1) is 21.9. The monoisotopic (exact) mass is 369 g/mol. The van der Waals surface area contributed by atoms with Crippen LogP contribution in [0.5, 0.6) is 0 Å². The van der Waals surface area contributed by atoms with Crippen LogP contribution in [0, 0.1) is 13.8 Å². The summed E-state index contributed by atoms with van der Waals surface area (Å²) in [5.74, 6) is -0.800. The molecule has 0 fully saturated rings. The second-order valence-corrected chi connectivity index (χ2v) is 6.37. The van der Waals surface area contributed by atoms with E-state index in [0.29, 0.717) is 6.54 Å². The SMILES string of the molecule is C/C=C(C(=O)NCc1c(C)cc(CN)cc1C)\C(=N/C(C)C)C(F)(F)F. The highest BCUT2D eigenvalue weighted by atomic mass is 19.4. The summed E-state index contributed by atoms with van der Waals surface area (Å²) < 4.78 is 39.9. The topological polar surface area (TPSA) is 67.5 Å². The summed E-state index contributed by atoms with van der Waals surface area (Å²) in [7, 11) is 0. The lowest BCUT2D eigenvalue weighted by Gasteiger charge is -2.17. The molecule has 0 bridgehead atoms. The lowest BCUT2D eigenvalue weighted by atomic mass is 9.99. The number of nitrogens with two attached hydrogens (primary N) is 1. The number of nitrogens with zero attached hydrogens (tertiary/aromatic N) is 1. The first-order valence-corrected chi connectivity index (χ1v) is 8.40. The van der Waals surface area contributed by atoms with Crippen LogP contribution in [0.15, 0.2) is 28.8 Å². The Kier molecular flexibility index (Phi) is 7.56. The predicted molar refractivity (Wildman–Crippen MR) is 98.0 cm³/mol. The fourth-order valence-corrected chi connectivity index (χ4v) is 2.67. The normalized spacial score (nSPS) is 13.3. The molecule has 1 aromatic rings. The number of nitrogens with one attached hydrogen (secondary N) is 1. The number of halogens is 3. The van der Waals surface area contributed by atoms with Crippen LogP contribution in [-0.4, -0.2) is 23.8 Å². The fourth-order valence-electron chi connectivity index (χ4n) is 2.67. The van der Waals surface area contributed by atoms with Gasteiger partial charge in [0.05, 0.1) is 5.57 Å². The predicted octanol–water partition coefficient (Wildman–Crippen LogP) is 3.74. The van der Waals surface area contributed by atoms with Crippen LogP contribution < -0.4 is 11.1 Å². The number of hydrogen-bond donors (Lipinski definition) is 2. The number of carbonyl (C=O) groups is 1. The van der Waals surface area contributed by atoms with E-state index >= 15 is 0 Å². The van der Waals surface area contributed by atoms with Crippen LogP contribution in [0.4, 0.5) is 13.2 Å². The second kappa shape index (κ2) is 8.98. The van der Waals surface area contributed by atoms with Crippen molar-refractivity contribution in [3.63, 3.8) is 0 Å². The van der Waals surface area contributed by atoms with Crippen LogP contribution in [0.3, 0.4) is 0 Å². The van der Waals surface area contributed by atoms with Crippen molar-refractivity contribution in [3.05, 3.63) is 46.0 Å². The number of aliphatic imine (C=N–C) groups is 1.